The van der Waals surface area contributed by atoms with Crippen molar-refractivity contribution in [3.63, 3.8) is 0 Å². The molecule has 1 heteroatoms. The van der Waals surface area contributed by atoms with Gasteiger partial charge in [-0.1, -0.05) is 106 Å². The number of rotatable bonds is 6. The van der Waals surface area contributed by atoms with Crippen LogP contribution in [-0.4, -0.2) is 4.98 Å². The van der Waals surface area contributed by atoms with Crippen LogP contribution in [0.4, 0.5) is 0 Å². The molecule has 43 heavy (non-hydrogen) atoms. The Bertz CT molecular complexity index is 1500. The zero-order chi connectivity index (χ0) is 31.1. The Morgan fingerprint density at radius 2 is 1.33 bits per heavy atom. The van der Waals surface area contributed by atoms with E-state index >= 15 is 0 Å². The highest BCUT2D eigenvalue weighted by Gasteiger charge is 2.22. The van der Waals surface area contributed by atoms with Gasteiger partial charge in [-0.25, -0.2) is 0 Å². The summed E-state index contributed by atoms with van der Waals surface area (Å²) in [5.41, 5.74) is 14.1. The van der Waals surface area contributed by atoms with Gasteiger partial charge in [0.2, 0.25) is 0 Å². The Kier molecular flexibility index (Phi) is 10.6. The second-order valence-electron chi connectivity index (χ2n) is 13.8. The minimum absolute atomic E-state index is 0.224. The van der Waals surface area contributed by atoms with E-state index in [0.717, 1.165) is 22.7 Å². The van der Waals surface area contributed by atoms with Gasteiger partial charge in [0.25, 0.3) is 0 Å². The van der Waals surface area contributed by atoms with Crippen LogP contribution in [0.3, 0.4) is 0 Å². The molecule has 1 aliphatic rings. The lowest BCUT2D eigenvalue weighted by atomic mass is 9.77. The highest BCUT2D eigenvalue weighted by molar-refractivity contribution is 5.66. The molecule has 0 amide bonds. The molecule has 1 aliphatic carbocycles. The summed E-state index contributed by atoms with van der Waals surface area (Å²) in [6.07, 6.45) is 8.41. The molecule has 0 atom stereocenters. The summed E-state index contributed by atoms with van der Waals surface area (Å²) in [6, 6.07) is 28.8. The molecule has 1 aromatic heterocycles. The first-order valence-corrected chi connectivity index (χ1v) is 16.0. The van der Waals surface area contributed by atoms with Crippen LogP contribution in [0, 0.1) is 19.8 Å². The van der Waals surface area contributed by atoms with Crippen molar-refractivity contribution in [3.05, 3.63) is 132 Å². The molecule has 0 radical (unpaired) electrons. The molecule has 3 aromatic carbocycles. The molecule has 0 spiro atoms. The maximum atomic E-state index is 4.58. The van der Waals surface area contributed by atoms with Gasteiger partial charge in [0.05, 0.1) is 5.69 Å². The maximum absolute atomic E-state index is 4.58. The molecular formula is C42H51N. The van der Waals surface area contributed by atoms with E-state index in [2.05, 4.69) is 139 Å². The Hall–Kier alpha value is -3.71. The number of aryl methyl sites for hydroxylation is 2. The molecule has 0 N–H and O–H groups in total. The zero-order valence-electron chi connectivity index (χ0n) is 27.6. The van der Waals surface area contributed by atoms with Crippen LogP contribution in [0.15, 0.2) is 104 Å². The van der Waals surface area contributed by atoms with E-state index in [1.165, 1.54) is 76.6 Å². The fourth-order valence-corrected chi connectivity index (χ4v) is 6.02. The van der Waals surface area contributed by atoms with E-state index in [0.29, 0.717) is 5.92 Å². The fraction of sp³-hybridized carbons (Fsp3) is 0.357. The van der Waals surface area contributed by atoms with Gasteiger partial charge >= 0.3 is 0 Å². The summed E-state index contributed by atoms with van der Waals surface area (Å²) < 4.78 is 0. The monoisotopic (exact) mass is 569 g/mol. The minimum Gasteiger partial charge on any atom is -0.256 e. The van der Waals surface area contributed by atoms with Crippen molar-refractivity contribution in [2.75, 3.05) is 0 Å². The molecule has 1 heterocycles. The van der Waals surface area contributed by atoms with Crippen LogP contribution in [0.2, 0.25) is 0 Å². The van der Waals surface area contributed by atoms with Crippen LogP contribution in [0.25, 0.3) is 28.0 Å². The third-order valence-corrected chi connectivity index (χ3v) is 9.01. The van der Waals surface area contributed by atoms with Crippen LogP contribution >= 0.6 is 0 Å². The maximum Gasteiger partial charge on any atom is 0.0702 e. The van der Waals surface area contributed by atoms with E-state index in [-0.39, 0.29) is 5.41 Å². The van der Waals surface area contributed by atoms with E-state index < -0.39 is 0 Å². The van der Waals surface area contributed by atoms with Crippen molar-refractivity contribution in [3.8, 4) is 22.4 Å². The highest BCUT2D eigenvalue weighted by atomic mass is 14.7. The Morgan fingerprint density at radius 3 is 1.84 bits per heavy atom. The molecule has 0 aliphatic heterocycles. The second-order valence-corrected chi connectivity index (χ2v) is 13.8. The molecule has 4 aromatic rings. The van der Waals surface area contributed by atoms with Gasteiger partial charge in [0, 0.05) is 11.8 Å². The van der Waals surface area contributed by atoms with Gasteiger partial charge < -0.3 is 0 Å². The molecule has 224 valence electrons. The molecule has 1 saturated carbocycles. The summed E-state index contributed by atoms with van der Waals surface area (Å²) in [4.78, 5) is 4.58. The number of benzene rings is 3. The zero-order valence-corrected chi connectivity index (χ0v) is 27.6. The summed E-state index contributed by atoms with van der Waals surface area (Å²) in [5, 5.41) is 0. The average Bonchev–Trinajstić information content (AvgIpc) is 2.99. The van der Waals surface area contributed by atoms with Crippen molar-refractivity contribution in [2.24, 2.45) is 5.92 Å². The predicted molar refractivity (Wildman–Crippen MR) is 189 cm³/mol. The summed E-state index contributed by atoms with van der Waals surface area (Å²) in [6.45, 7) is 23.3. The van der Waals surface area contributed by atoms with Crippen LogP contribution in [-0.2, 0) is 5.41 Å². The van der Waals surface area contributed by atoms with Crippen LogP contribution in [0.5, 0.6) is 0 Å². The molecule has 1 nitrogen and oxygen atoms in total. The molecule has 1 fully saturated rings. The Balaban J connectivity index is 0.000000208. The first-order valence-electron chi connectivity index (χ1n) is 16.0. The molecule has 0 saturated heterocycles. The van der Waals surface area contributed by atoms with E-state index in [9.17, 15) is 0 Å². The predicted octanol–water partition coefficient (Wildman–Crippen LogP) is 12.3. The number of allylic oxidation sites excluding steroid dienone is 2. The minimum atomic E-state index is 0.224. The van der Waals surface area contributed by atoms with Gasteiger partial charge in [-0.05, 0) is 128 Å². The van der Waals surface area contributed by atoms with Gasteiger partial charge in [-0.3, -0.25) is 4.98 Å². The largest absolute Gasteiger partial charge is 0.256 e. The first kappa shape index (κ1) is 32.2. The van der Waals surface area contributed by atoms with Crippen molar-refractivity contribution in [1.29, 1.82) is 0 Å². The normalized spacial score (nSPS) is 16.6. The van der Waals surface area contributed by atoms with Crippen molar-refractivity contribution < 1.29 is 0 Å². The first-order chi connectivity index (χ1) is 20.4. The highest BCUT2D eigenvalue weighted by Crippen LogP contribution is 2.38. The lowest BCUT2D eigenvalue weighted by Crippen LogP contribution is -2.13. The van der Waals surface area contributed by atoms with Gasteiger partial charge in [-0.15, -0.1) is 6.58 Å². The Labute approximate surface area is 261 Å². The fourth-order valence-electron chi connectivity index (χ4n) is 6.02. The number of nitrogens with zero attached hydrogens (tertiary/aromatic N) is 1. The number of hydrogen-bond acceptors (Lipinski definition) is 1. The average molecular weight is 570 g/mol. The quantitative estimate of drug-likeness (QED) is 0.210. The van der Waals surface area contributed by atoms with Crippen molar-refractivity contribution >= 4 is 5.57 Å². The molecule has 0 bridgehead atoms. The number of hydrogen-bond donors (Lipinski definition) is 0. The Morgan fingerprint density at radius 1 is 0.721 bits per heavy atom. The summed E-state index contributed by atoms with van der Waals surface area (Å²) >= 11 is 0. The van der Waals surface area contributed by atoms with Crippen LogP contribution < -0.4 is 0 Å². The lowest BCUT2D eigenvalue weighted by molar-refractivity contribution is 0.324. The topological polar surface area (TPSA) is 12.9 Å². The second kappa shape index (κ2) is 14.2. The number of aromatic nitrogens is 1. The molecule has 0 unspecified atom stereocenters. The molecular weight excluding hydrogens is 518 g/mol. The van der Waals surface area contributed by atoms with Gasteiger partial charge in [-0.2, -0.15) is 0 Å². The SMILES string of the molecule is C=C(C)CC1CCC(c2ccc(-c3ccc(C(=C)C)cn3)cc2)CC1.Cc1ccc(-c2ccc(C(C)(C)C)cc2)cc1C. The lowest BCUT2D eigenvalue weighted by Gasteiger charge is -2.29. The summed E-state index contributed by atoms with van der Waals surface area (Å²) in [7, 11) is 0. The standard InChI is InChI=1S/C24H29N.C18H22/c1-17(2)15-19-5-7-20(8-6-19)21-9-11-22(12-10-21)24-14-13-23(16-25-24)18(3)4;1-13-6-7-16(12-14(13)2)15-8-10-17(11-9-15)18(3,4)5/h9-14,16,19-20H,1,3,5-8,15H2,2,4H3;6-12H,1-5H3. The van der Waals surface area contributed by atoms with Crippen molar-refractivity contribution in [1.82, 2.24) is 4.98 Å². The number of pyridine rings is 1. The smallest absolute Gasteiger partial charge is 0.0702 e. The van der Waals surface area contributed by atoms with Gasteiger partial charge in [0.1, 0.15) is 0 Å². The van der Waals surface area contributed by atoms with E-state index in [1.807, 2.05) is 13.1 Å². The van der Waals surface area contributed by atoms with E-state index in [4.69, 9.17) is 0 Å². The van der Waals surface area contributed by atoms with Gasteiger partial charge in [0.15, 0.2) is 0 Å². The third-order valence-electron chi connectivity index (χ3n) is 9.01. The van der Waals surface area contributed by atoms with Crippen molar-refractivity contribution in [2.45, 2.75) is 91.9 Å². The van der Waals surface area contributed by atoms with Crippen LogP contribution in [0.1, 0.15) is 100 Å². The summed E-state index contributed by atoms with van der Waals surface area (Å²) in [5.74, 6) is 1.57. The third kappa shape index (κ3) is 8.90. The molecule has 5 rings (SSSR count). The van der Waals surface area contributed by atoms with E-state index in [1.54, 1.807) is 0 Å².